The fraction of sp³-hybridized carbons (Fsp3) is 0.281. The molecule has 0 spiro atoms. The molecule has 0 saturated carbocycles. The maximum atomic E-state index is 13.2. The summed E-state index contributed by atoms with van der Waals surface area (Å²) in [6.07, 6.45) is 2.37. The summed E-state index contributed by atoms with van der Waals surface area (Å²) in [5, 5.41) is 7.95. The Morgan fingerprint density at radius 1 is 1.00 bits per heavy atom. The van der Waals surface area contributed by atoms with Gasteiger partial charge in [-0.15, -0.1) is 0 Å². The zero-order chi connectivity index (χ0) is 27.6. The Morgan fingerprint density at radius 3 is 2.62 bits per heavy atom. The number of nitrogens with zero attached hydrogens (tertiary/aromatic N) is 2. The molecule has 3 aromatic carbocycles. The lowest BCUT2D eigenvalue weighted by Gasteiger charge is -2.34. The van der Waals surface area contributed by atoms with Gasteiger partial charge in [-0.25, -0.2) is 4.79 Å². The minimum Gasteiger partial charge on any atom is -0.497 e. The van der Waals surface area contributed by atoms with E-state index in [4.69, 9.17) is 4.74 Å². The summed E-state index contributed by atoms with van der Waals surface area (Å²) < 4.78 is 5.46. The summed E-state index contributed by atoms with van der Waals surface area (Å²) >= 11 is 0. The number of urea groups is 1. The largest absolute Gasteiger partial charge is 0.497 e. The molecule has 39 heavy (non-hydrogen) atoms. The van der Waals surface area contributed by atoms with Crippen molar-refractivity contribution >= 4 is 22.7 Å². The summed E-state index contributed by atoms with van der Waals surface area (Å²) in [4.78, 5) is 32.5. The first-order valence-electron chi connectivity index (χ1n) is 13.2. The van der Waals surface area contributed by atoms with Gasteiger partial charge in [0.15, 0.2) is 0 Å². The summed E-state index contributed by atoms with van der Waals surface area (Å²) in [7, 11) is 1.66. The van der Waals surface area contributed by atoms with Crippen LogP contribution in [0.25, 0.3) is 21.9 Å². The number of nitrogens with one attached hydrogen (secondary N) is 2. The molecule has 0 radical (unpaired) electrons. The van der Waals surface area contributed by atoms with Gasteiger partial charge < -0.3 is 20.3 Å². The maximum absolute atomic E-state index is 13.2. The first kappa shape index (κ1) is 26.2. The topological polar surface area (TPSA) is 83.6 Å². The average Bonchev–Trinajstić information content (AvgIpc) is 2.94. The highest BCUT2D eigenvalue weighted by Crippen LogP contribution is 2.34. The van der Waals surface area contributed by atoms with Crippen LogP contribution in [0.1, 0.15) is 48.0 Å². The smallest absolute Gasteiger partial charge is 0.318 e. The third-order valence-electron chi connectivity index (χ3n) is 6.99. The number of ether oxygens (including phenoxy) is 1. The van der Waals surface area contributed by atoms with E-state index in [0.717, 1.165) is 38.8 Å². The predicted molar refractivity (Wildman–Crippen MR) is 154 cm³/mol. The molecular weight excluding hydrogens is 488 g/mol. The van der Waals surface area contributed by atoms with Crippen LogP contribution < -0.4 is 15.4 Å². The van der Waals surface area contributed by atoms with E-state index in [1.807, 2.05) is 74.2 Å². The molecule has 0 saturated heterocycles. The zero-order valence-electron chi connectivity index (χ0n) is 22.9. The van der Waals surface area contributed by atoms with Gasteiger partial charge >= 0.3 is 6.03 Å². The SMILES string of the molecule is COc1cccc(-c2ccc(CNC(=O)c3nccc4ccccc34)c3c2CCN(C(=O)NC(C)(C)C)C3)c1. The predicted octanol–water partition coefficient (Wildman–Crippen LogP) is 5.71. The first-order chi connectivity index (χ1) is 18.7. The van der Waals surface area contributed by atoms with Gasteiger partial charge in [0.05, 0.1) is 7.11 Å². The van der Waals surface area contributed by atoms with Crippen LogP contribution in [0.2, 0.25) is 0 Å². The molecule has 1 aliphatic rings. The highest BCUT2D eigenvalue weighted by atomic mass is 16.5. The molecule has 0 atom stereocenters. The number of carbonyl (C=O) groups is 2. The van der Waals surface area contributed by atoms with Gasteiger partial charge in [-0.2, -0.15) is 0 Å². The average molecular weight is 523 g/mol. The number of rotatable bonds is 5. The number of aromatic nitrogens is 1. The minimum absolute atomic E-state index is 0.0881. The number of fused-ring (bicyclic) bond motifs is 2. The van der Waals surface area contributed by atoms with E-state index in [1.165, 1.54) is 5.56 Å². The van der Waals surface area contributed by atoms with E-state index in [-0.39, 0.29) is 17.5 Å². The van der Waals surface area contributed by atoms with E-state index in [2.05, 4.69) is 33.8 Å². The molecule has 2 heterocycles. The molecular formula is C32H34N4O3. The van der Waals surface area contributed by atoms with Crippen LogP contribution in [-0.2, 0) is 19.5 Å². The zero-order valence-corrected chi connectivity index (χ0v) is 22.9. The number of hydrogen-bond donors (Lipinski definition) is 2. The Morgan fingerprint density at radius 2 is 1.82 bits per heavy atom. The Labute approximate surface area is 229 Å². The number of hydrogen-bond acceptors (Lipinski definition) is 4. The molecule has 0 fully saturated rings. The van der Waals surface area contributed by atoms with Crippen molar-refractivity contribution in [3.63, 3.8) is 0 Å². The molecule has 3 amide bonds. The Bertz CT molecular complexity index is 1540. The van der Waals surface area contributed by atoms with Crippen molar-refractivity contribution in [2.24, 2.45) is 0 Å². The molecule has 200 valence electrons. The fourth-order valence-electron chi connectivity index (χ4n) is 5.10. The van der Waals surface area contributed by atoms with Crippen LogP contribution in [0.4, 0.5) is 4.79 Å². The van der Waals surface area contributed by atoms with Crippen molar-refractivity contribution in [2.45, 2.75) is 45.8 Å². The van der Waals surface area contributed by atoms with Crippen LogP contribution >= 0.6 is 0 Å². The van der Waals surface area contributed by atoms with Crippen molar-refractivity contribution in [2.75, 3.05) is 13.7 Å². The van der Waals surface area contributed by atoms with Crippen LogP contribution in [0, 0.1) is 0 Å². The van der Waals surface area contributed by atoms with Gasteiger partial charge in [-0.05, 0) is 78.6 Å². The van der Waals surface area contributed by atoms with Gasteiger partial charge in [0.1, 0.15) is 11.4 Å². The quantitative estimate of drug-likeness (QED) is 0.352. The second-order valence-electron chi connectivity index (χ2n) is 10.9. The first-order valence-corrected chi connectivity index (χ1v) is 13.2. The van der Waals surface area contributed by atoms with Crippen molar-refractivity contribution < 1.29 is 14.3 Å². The monoisotopic (exact) mass is 522 g/mol. The Kier molecular flexibility index (Phi) is 7.24. The molecule has 2 N–H and O–H groups in total. The second kappa shape index (κ2) is 10.8. The molecule has 0 bridgehead atoms. The lowest BCUT2D eigenvalue weighted by atomic mass is 9.87. The highest BCUT2D eigenvalue weighted by molar-refractivity contribution is 6.05. The van der Waals surface area contributed by atoms with Gasteiger partial charge in [0, 0.05) is 36.8 Å². The molecule has 7 nitrogen and oxygen atoms in total. The van der Waals surface area contributed by atoms with E-state index < -0.39 is 0 Å². The van der Waals surface area contributed by atoms with Crippen LogP contribution in [-0.4, -0.2) is 41.0 Å². The van der Waals surface area contributed by atoms with Crippen LogP contribution in [0.3, 0.4) is 0 Å². The molecule has 4 aromatic rings. The van der Waals surface area contributed by atoms with Crippen molar-refractivity contribution in [1.29, 1.82) is 0 Å². The molecule has 1 aromatic heterocycles. The van der Waals surface area contributed by atoms with E-state index in [0.29, 0.717) is 31.7 Å². The summed E-state index contributed by atoms with van der Waals surface area (Å²) in [5.74, 6) is 0.567. The molecule has 0 unspecified atom stereocenters. The number of benzene rings is 3. The maximum Gasteiger partial charge on any atom is 0.318 e. The normalized spacial score (nSPS) is 13.1. The fourth-order valence-corrected chi connectivity index (χ4v) is 5.10. The number of pyridine rings is 1. The number of carbonyl (C=O) groups excluding carboxylic acids is 2. The lowest BCUT2D eigenvalue weighted by Crippen LogP contribution is -2.50. The van der Waals surface area contributed by atoms with Crippen molar-refractivity contribution in [3.05, 3.63) is 95.3 Å². The van der Waals surface area contributed by atoms with Gasteiger partial charge in [-0.1, -0.05) is 48.5 Å². The Balaban J connectivity index is 1.47. The van der Waals surface area contributed by atoms with Gasteiger partial charge in [-0.3, -0.25) is 9.78 Å². The summed E-state index contributed by atoms with van der Waals surface area (Å²) in [5.41, 5.74) is 5.50. The van der Waals surface area contributed by atoms with Gasteiger partial charge in [0.2, 0.25) is 0 Å². The third-order valence-corrected chi connectivity index (χ3v) is 6.99. The highest BCUT2D eigenvalue weighted by Gasteiger charge is 2.27. The molecule has 7 heteroatoms. The van der Waals surface area contributed by atoms with Gasteiger partial charge in [0.25, 0.3) is 5.91 Å². The Hall–Kier alpha value is -4.39. The van der Waals surface area contributed by atoms with E-state index in [9.17, 15) is 9.59 Å². The molecule has 0 aliphatic carbocycles. The molecule has 5 rings (SSSR count). The van der Waals surface area contributed by atoms with Crippen molar-refractivity contribution in [1.82, 2.24) is 20.5 Å². The van der Waals surface area contributed by atoms with E-state index in [1.54, 1.807) is 13.3 Å². The minimum atomic E-state index is -0.331. The van der Waals surface area contributed by atoms with E-state index >= 15 is 0 Å². The summed E-state index contributed by atoms with van der Waals surface area (Å²) in [6, 6.07) is 21.7. The summed E-state index contributed by atoms with van der Waals surface area (Å²) in [6.45, 7) is 7.34. The second-order valence-corrected chi connectivity index (χ2v) is 10.9. The molecule has 1 aliphatic heterocycles. The number of amides is 3. The standard InChI is InChI=1S/C32H34N4O3/c1-32(2,3)35-31(38)36-17-15-27-25(22-9-7-10-24(18-22)39-4)13-12-23(28(27)20-36)19-34-30(37)29-26-11-6-5-8-21(26)14-16-33-29/h5-14,16,18H,15,17,19-20H2,1-4H3,(H,34,37)(H,35,38). The third kappa shape index (κ3) is 5.72. The van der Waals surface area contributed by atoms with Crippen LogP contribution in [0.15, 0.2) is 72.9 Å². The number of methoxy groups -OCH3 is 1. The lowest BCUT2D eigenvalue weighted by molar-refractivity contribution is 0.0947. The van der Waals surface area contributed by atoms with Crippen LogP contribution in [0.5, 0.6) is 5.75 Å². The van der Waals surface area contributed by atoms with Crippen molar-refractivity contribution in [3.8, 4) is 16.9 Å².